The molecule has 1 aliphatic rings. The lowest BCUT2D eigenvalue weighted by Crippen LogP contribution is -2.49. The van der Waals surface area contributed by atoms with E-state index >= 15 is 0 Å². The molecule has 1 unspecified atom stereocenters. The zero-order valence-electron chi connectivity index (χ0n) is 8.51. The van der Waals surface area contributed by atoms with E-state index in [1.54, 1.807) is 6.92 Å². The first-order chi connectivity index (χ1) is 6.60. The van der Waals surface area contributed by atoms with Gasteiger partial charge in [-0.2, -0.15) is 0 Å². The fraction of sp³-hybridized carbons (Fsp3) is 0.556. The van der Waals surface area contributed by atoms with Gasteiger partial charge in [-0.1, -0.05) is 6.92 Å². The van der Waals surface area contributed by atoms with E-state index in [1.807, 2.05) is 6.92 Å². The summed E-state index contributed by atoms with van der Waals surface area (Å²) in [5, 5.41) is 5.19. The van der Waals surface area contributed by atoms with Gasteiger partial charge >= 0.3 is 12.0 Å². The number of hydrogen-bond donors (Lipinski definition) is 2. The van der Waals surface area contributed by atoms with Crippen molar-refractivity contribution in [3.63, 3.8) is 0 Å². The first-order valence-corrected chi connectivity index (χ1v) is 4.46. The molecule has 1 aliphatic heterocycles. The van der Waals surface area contributed by atoms with Crippen LogP contribution in [0.5, 0.6) is 0 Å². The summed E-state index contributed by atoms with van der Waals surface area (Å²) in [7, 11) is 1.33. The van der Waals surface area contributed by atoms with Gasteiger partial charge in [0, 0.05) is 5.70 Å². The standard InChI is InChI=1S/C9H14N2O3/c1-4-6-7(8(12)14-3)5(2)10-9(13)11-6/h6H,4H2,1-3H3,(H2,10,11,13). The van der Waals surface area contributed by atoms with Crippen LogP contribution in [0.2, 0.25) is 0 Å². The number of methoxy groups -OCH3 is 1. The van der Waals surface area contributed by atoms with Gasteiger partial charge < -0.3 is 15.4 Å². The van der Waals surface area contributed by atoms with Crippen molar-refractivity contribution in [3.8, 4) is 0 Å². The van der Waals surface area contributed by atoms with Crippen LogP contribution in [-0.2, 0) is 9.53 Å². The van der Waals surface area contributed by atoms with E-state index in [-0.39, 0.29) is 12.1 Å². The number of esters is 1. The fourth-order valence-electron chi connectivity index (χ4n) is 1.48. The number of rotatable bonds is 2. The highest BCUT2D eigenvalue weighted by atomic mass is 16.5. The predicted octanol–water partition coefficient (Wildman–Crippen LogP) is 0.525. The quantitative estimate of drug-likeness (QED) is 0.636. The molecular weight excluding hydrogens is 184 g/mol. The van der Waals surface area contributed by atoms with Crippen LogP contribution in [0.25, 0.3) is 0 Å². The summed E-state index contributed by atoms with van der Waals surface area (Å²) in [6.07, 6.45) is 0.662. The van der Waals surface area contributed by atoms with E-state index in [1.165, 1.54) is 7.11 Å². The smallest absolute Gasteiger partial charge is 0.337 e. The molecule has 1 heterocycles. The second-order valence-corrected chi connectivity index (χ2v) is 3.09. The Labute approximate surface area is 82.5 Å². The van der Waals surface area contributed by atoms with Crippen LogP contribution in [-0.4, -0.2) is 25.2 Å². The zero-order chi connectivity index (χ0) is 10.7. The van der Waals surface area contributed by atoms with Crippen molar-refractivity contribution >= 4 is 12.0 Å². The van der Waals surface area contributed by atoms with Gasteiger partial charge in [0.15, 0.2) is 0 Å². The van der Waals surface area contributed by atoms with E-state index in [4.69, 9.17) is 0 Å². The number of urea groups is 1. The maximum absolute atomic E-state index is 11.4. The third-order valence-corrected chi connectivity index (χ3v) is 2.17. The molecule has 14 heavy (non-hydrogen) atoms. The Balaban J connectivity index is 3.00. The van der Waals surface area contributed by atoms with Gasteiger partial charge in [-0.15, -0.1) is 0 Å². The molecule has 0 fully saturated rings. The first-order valence-electron chi connectivity index (χ1n) is 4.46. The number of ether oxygens (including phenoxy) is 1. The van der Waals surface area contributed by atoms with Crippen LogP contribution in [0, 0.1) is 0 Å². The molecule has 2 N–H and O–H groups in total. The predicted molar refractivity (Wildman–Crippen MR) is 50.5 cm³/mol. The van der Waals surface area contributed by atoms with E-state index in [9.17, 15) is 9.59 Å². The second kappa shape index (κ2) is 4.13. The molecule has 0 aliphatic carbocycles. The molecule has 0 spiro atoms. The van der Waals surface area contributed by atoms with E-state index in [2.05, 4.69) is 15.4 Å². The van der Waals surface area contributed by atoms with Crippen molar-refractivity contribution in [2.24, 2.45) is 0 Å². The van der Waals surface area contributed by atoms with Gasteiger partial charge in [0.05, 0.1) is 18.7 Å². The summed E-state index contributed by atoms with van der Waals surface area (Å²) in [6.45, 7) is 3.58. The number of carbonyl (C=O) groups is 2. The molecule has 0 bridgehead atoms. The third-order valence-electron chi connectivity index (χ3n) is 2.17. The average molecular weight is 198 g/mol. The van der Waals surface area contributed by atoms with Crippen molar-refractivity contribution < 1.29 is 14.3 Å². The van der Waals surface area contributed by atoms with Gasteiger partial charge in [0.2, 0.25) is 0 Å². The van der Waals surface area contributed by atoms with Gasteiger partial charge in [-0.25, -0.2) is 9.59 Å². The lowest BCUT2D eigenvalue weighted by Gasteiger charge is -2.26. The Hall–Kier alpha value is -1.52. The van der Waals surface area contributed by atoms with Crippen LogP contribution >= 0.6 is 0 Å². The number of allylic oxidation sites excluding steroid dienone is 1. The van der Waals surface area contributed by atoms with Crippen LogP contribution < -0.4 is 10.6 Å². The van der Waals surface area contributed by atoms with Crippen LogP contribution in [0.4, 0.5) is 4.79 Å². The average Bonchev–Trinajstić information content (AvgIpc) is 2.15. The summed E-state index contributed by atoms with van der Waals surface area (Å²) in [4.78, 5) is 22.5. The van der Waals surface area contributed by atoms with Crippen molar-refractivity contribution in [1.29, 1.82) is 0 Å². The first kappa shape index (κ1) is 10.6. The Morgan fingerprint density at radius 1 is 1.57 bits per heavy atom. The van der Waals surface area contributed by atoms with Crippen molar-refractivity contribution in [1.82, 2.24) is 10.6 Å². The molecule has 78 valence electrons. The molecule has 5 nitrogen and oxygen atoms in total. The molecule has 0 saturated heterocycles. The Bertz CT molecular complexity index is 296. The maximum Gasteiger partial charge on any atom is 0.337 e. The summed E-state index contributed by atoms with van der Waals surface area (Å²) < 4.78 is 4.64. The lowest BCUT2D eigenvalue weighted by atomic mass is 10.0. The van der Waals surface area contributed by atoms with E-state index < -0.39 is 5.97 Å². The third kappa shape index (κ3) is 1.86. The van der Waals surface area contributed by atoms with Gasteiger partial charge in [-0.3, -0.25) is 0 Å². The SMILES string of the molecule is CCC1NC(=O)NC(C)=C1C(=O)OC. The maximum atomic E-state index is 11.4. The lowest BCUT2D eigenvalue weighted by molar-refractivity contribution is -0.136. The number of amides is 2. The van der Waals surface area contributed by atoms with Gasteiger partial charge in [0.1, 0.15) is 0 Å². The summed E-state index contributed by atoms with van der Waals surface area (Å²) in [5.74, 6) is -0.401. The fourth-order valence-corrected chi connectivity index (χ4v) is 1.48. The highest BCUT2D eigenvalue weighted by Crippen LogP contribution is 2.15. The van der Waals surface area contributed by atoms with Gasteiger partial charge in [0.25, 0.3) is 0 Å². The minimum absolute atomic E-state index is 0.254. The Morgan fingerprint density at radius 2 is 2.21 bits per heavy atom. The monoisotopic (exact) mass is 198 g/mol. The largest absolute Gasteiger partial charge is 0.466 e. The molecular formula is C9H14N2O3. The molecule has 5 heteroatoms. The van der Waals surface area contributed by atoms with Crippen LogP contribution in [0.3, 0.4) is 0 Å². The number of hydrogen-bond acceptors (Lipinski definition) is 3. The Morgan fingerprint density at radius 3 is 2.71 bits per heavy atom. The van der Waals surface area contributed by atoms with E-state index in [0.29, 0.717) is 17.7 Å². The molecule has 0 saturated carbocycles. The molecule has 0 aromatic carbocycles. The summed E-state index contributed by atoms with van der Waals surface area (Å²) >= 11 is 0. The van der Waals surface area contributed by atoms with Crippen molar-refractivity contribution in [2.45, 2.75) is 26.3 Å². The Kier molecular flexibility index (Phi) is 3.11. The number of carbonyl (C=O) groups excluding carboxylic acids is 2. The van der Waals surface area contributed by atoms with Crippen molar-refractivity contribution in [2.75, 3.05) is 7.11 Å². The molecule has 1 rings (SSSR count). The normalized spacial score (nSPS) is 21.4. The topological polar surface area (TPSA) is 67.4 Å². The molecule has 0 aromatic heterocycles. The highest BCUT2D eigenvalue weighted by molar-refractivity contribution is 5.94. The minimum atomic E-state index is -0.401. The highest BCUT2D eigenvalue weighted by Gasteiger charge is 2.28. The van der Waals surface area contributed by atoms with Crippen molar-refractivity contribution in [3.05, 3.63) is 11.3 Å². The number of nitrogens with one attached hydrogen (secondary N) is 2. The van der Waals surface area contributed by atoms with Gasteiger partial charge in [-0.05, 0) is 13.3 Å². The zero-order valence-corrected chi connectivity index (χ0v) is 8.51. The minimum Gasteiger partial charge on any atom is -0.466 e. The molecule has 0 aromatic rings. The molecule has 0 radical (unpaired) electrons. The van der Waals surface area contributed by atoms with E-state index in [0.717, 1.165) is 0 Å². The second-order valence-electron chi connectivity index (χ2n) is 3.09. The summed E-state index contributed by atoms with van der Waals surface area (Å²) in [5.41, 5.74) is 1.06. The van der Waals surface area contributed by atoms with Crippen LogP contribution in [0.15, 0.2) is 11.3 Å². The molecule has 2 amide bonds. The molecule has 1 atom stereocenters. The summed E-state index contributed by atoms with van der Waals surface area (Å²) in [6, 6.07) is -0.529. The van der Waals surface area contributed by atoms with Crippen LogP contribution in [0.1, 0.15) is 20.3 Å².